The maximum absolute atomic E-state index is 13.4. The lowest BCUT2D eigenvalue weighted by atomic mass is 9.82. The molecule has 1 unspecified atom stereocenters. The molecule has 0 heterocycles. The van der Waals surface area contributed by atoms with Crippen LogP contribution in [0.15, 0.2) is 42.5 Å². The zero-order valence-corrected chi connectivity index (χ0v) is 13.9. The van der Waals surface area contributed by atoms with Crippen molar-refractivity contribution in [3.05, 3.63) is 59.4 Å². The monoisotopic (exact) mass is 363 g/mol. The zero-order chi connectivity index (χ0) is 19.5. The smallest absolute Gasteiger partial charge is 0.313 e. The molecule has 26 heavy (non-hydrogen) atoms. The number of hydrogen-bond acceptors (Lipinski definition) is 6. The molecule has 2 aromatic carbocycles. The number of benzene rings is 2. The highest BCUT2D eigenvalue weighted by molar-refractivity contribution is 6.35. The number of Topliss-reactive ketones (excluding diaryl/α,β-unsaturated/α-hetero) is 1. The van der Waals surface area contributed by atoms with Crippen LogP contribution in [0.2, 0.25) is 0 Å². The third-order valence-electron chi connectivity index (χ3n) is 3.88. The van der Waals surface area contributed by atoms with Crippen LogP contribution in [0, 0.1) is 5.82 Å². The molecular formula is C18H18FNO6. The first-order valence-corrected chi connectivity index (χ1v) is 7.61. The van der Waals surface area contributed by atoms with E-state index in [1.807, 2.05) is 0 Å². The van der Waals surface area contributed by atoms with Crippen LogP contribution in [0.25, 0.3) is 0 Å². The van der Waals surface area contributed by atoms with E-state index in [1.165, 1.54) is 24.3 Å². The van der Waals surface area contributed by atoms with Crippen molar-refractivity contribution in [2.24, 2.45) is 0 Å². The van der Waals surface area contributed by atoms with Gasteiger partial charge in [0.15, 0.2) is 11.5 Å². The summed E-state index contributed by atoms with van der Waals surface area (Å²) in [4.78, 5) is 23.7. The molecule has 0 bridgehead atoms. The SMILES string of the molecule is CN(O)C(=O)C(=O)CC(O)(Cc1cccc(F)c1)c1ccc(O)c(O)c1. The maximum atomic E-state index is 13.4. The summed E-state index contributed by atoms with van der Waals surface area (Å²) in [6, 6.07) is 8.77. The lowest BCUT2D eigenvalue weighted by Gasteiger charge is -2.28. The molecule has 2 rings (SSSR count). The Morgan fingerprint density at radius 1 is 1.12 bits per heavy atom. The number of aliphatic hydroxyl groups is 1. The summed E-state index contributed by atoms with van der Waals surface area (Å²) >= 11 is 0. The van der Waals surface area contributed by atoms with Crippen molar-refractivity contribution in [3.63, 3.8) is 0 Å². The number of likely N-dealkylation sites (N-methyl/N-ethyl adjacent to an activating group) is 1. The number of nitrogens with zero attached hydrogens (tertiary/aromatic N) is 1. The fraction of sp³-hybridized carbons (Fsp3) is 0.222. The van der Waals surface area contributed by atoms with E-state index in [1.54, 1.807) is 0 Å². The number of amides is 1. The third kappa shape index (κ3) is 4.35. The average molecular weight is 363 g/mol. The Morgan fingerprint density at radius 2 is 1.81 bits per heavy atom. The van der Waals surface area contributed by atoms with Gasteiger partial charge in [0.2, 0.25) is 5.78 Å². The van der Waals surface area contributed by atoms with E-state index in [0.717, 1.165) is 25.2 Å². The summed E-state index contributed by atoms with van der Waals surface area (Å²) in [5, 5.41) is 39.4. The van der Waals surface area contributed by atoms with Crippen molar-refractivity contribution >= 4 is 11.7 Å². The first-order valence-electron chi connectivity index (χ1n) is 7.61. The van der Waals surface area contributed by atoms with Gasteiger partial charge in [0, 0.05) is 19.9 Å². The van der Waals surface area contributed by atoms with E-state index in [4.69, 9.17) is 5.21 Å². The first kappa shape index (κ1) is 19.4. The Bertz CT molecular complexity index is 838. The van der Waals surface area contributed by atoms with E-state index in [9.17, 15) is 29.3 Å². The molecular weight excluding hydrogens is 345 g/mol. The molecule has 0 aromatic heterocycles. The van der Waals surface area contributed by atoms with Crippen LogP contribution >= 0.6 is 0 Å². The quantitative estimate of drug-likeness (QED) is 0.267. The fourth-order valence-corrected chi connectivity index (χ4v) is 2.59. The molecule has 0 fully saturated rings. The van der Waals surface area contributed by atoms with Crippen LogP contribution in [0.5, 0.6) is 11.5 Å². The van der Waals surface area contributed by atoms with Gasteiger partial charge in [0.25, 0.3) is 0 Å². The Balaban J connectivity index is 2.44. The van der Waals surface area contributed by atoms with Gasteiger partial charge in [-0.1, -0.05) is 18.2 Å². The maximum Gasteiger partial charge on any atom is 0.313 e. The molecule has 0 aliphatic heterocycles. The predicted molar refractivity (Wildman–Crippen MR) is 88.0 cm³/mol. The first-order chi connectivity index (χ1) is 12.1. The molecule has 1 amide bonds. The number of carbonyl (C=O) groups excluding carboxylic acids is 2. The predicted octanol–water partition coefficient (Wildman–Crippen LogP) is 1.47. The summed E-state index contributed by atoms with van der Waals surface area (Å²) in [7, 11) is 0.970. The highest BCUT2D eigenvalue weighted by atomic mass is 19.1. The van der Waals surface area contributed by atoms with Crippen LogP contribution in [0.1, 0.15) is 17.5 Å². The second kappa shape index (κ2) is 7.51. The number of carbonyl (C=O) groups is 2. The van der Waals surface area contributed by atoms with Gasteiger partial charge in [-0.05, 0) is 35.4 Å². The van der Waals surface area contributed by atoms with Crippen LogP contribution in [0.3, 0.4) is 0 Å². The van der Waals surface area contributed by atoms with Gasteiger partial charge in [-0.25, -0.2) is 9.45 Å². The Morgan fingerprint density at radius 3 is 2.38 bits per heavy atom. The largest absolute Gasteiger partial charge is 0.504 e. The average Bonchev–Trinajstić information content (AvgIpc) is 2.56. The Labute approximate surface area is 148 Å². The number of ketones is 1. The van der Waals surface area contributed by atoms with Crippen molar-refractivity contribution in [2.75, 3.05) is 7.05 Å². The van der Waals surface area contributed by atoms with Crippen LogP contribution in [0.4, 0.5) is 4.39 Å². The van der Waals surface area contributed by atoms with Crippen LogP contribution < -0.4 is 0 Å². The molecule has 0 aliphatic carbocycles. The summed E-state index contributed by atoms with van der Waals surface area (Å²) < 4.78 is 13.4. The number of phenols is 2. The lowest BCUT2D eigenvalue weighted by molar-refractivity contribution is -0.167. The summed E-state index contributed by atoms with van der Waals surface area (Å²) in [5.74, 6) is -3.82. The molecule has 138 valence electrons. The van der Waals surface area contributed by atoms with Gasteiger partial charge in [-0.15, -0.1) is 0 Å². The highest BCUT2D eigenvalue weighted by Gasteiger charge is 2.36. The molecule has 0 radical (unpaired) electrons. The van der Waals surface area contributed by atoms with Crippen molar-refractivity contribution in [3.8, 4) is 11.5 Å². The molecule has 0 spiro atoms. The topological polar surface area (TPSA) is 118 Å². The summed E-state index contributed by atoms with van der Waals surface area (Å²) in [5.41, 5.74) is -1.60. The molecule has 8 heteroatoms. The fourth-order valence-electron chi connectivity index (χ4n) is 2.59. The Kier molecular flexibility index (Phi) is 5.59. The van der Waals surface area contributed by atoms with E-state index >= 15 is 0 Å². The second-order valence-corrected chi connectivity index (χ2v) is 5.97. The summed E-state index contributed by atoms with van der Waals surface area (Å²) in [6.07, 6.45) is -0.972. The van der Waals surface area contributed by atoms with Crippen LogP contribution in [-0.2, 0) is 21.6 Å². The highest BCUT2D eigenvalue weighted by Crippen LogP contribution is 2.35. The number of phenolic OH excluding ortho intramolecular Hbond substituents is 2. The normalized spacial score (nSPS) is 13.1. The van der Waals surface area contributed by atoms with Crippen LogP contribution in [-0.4, -0.2) is 44.3 Å². The second-order valence-electron chi connectivity index (χ2n) is 5.97. The number of rotatable bonds is 6. The van der Waals surface area contributed by atoms with E-state index in [0.29, 0.717) is 5.56 Å². The lowest BCUT2D eigenvalue weighted by Crippen LogP contribution is -2.38. The van der Waals surface area contributed by atoms with Gasteiger partial charge in [-0.3, -0.25) is 14.8 Å². The minimum absolute atomic E-state index is 0.0406. The van der Waals surface area contributed by atoms with Crippen molar-refractivity contribution in [1.29, 1.82) is 0 Å². The number of hydrogen-bond donors (Lipinski definition) is 4. The molecule has 0 saturated carbocycles. The van der Waals surface area contributed by atoms with Gasteiger partial charge < -0.3 is 15.3 Å². The van der Waals surface area contributed by atoms with Gasteiger partial charge in [0.1, 0.15) is 11.4 Å². The minimum atomic E-state index is -1.98. The molecule has 4 N–H and O–H groups in total. The third-order valence-corrected chi connectivity index (χ3v) is 3.88. The standard InChI is InChI=1S/C18H18FNO6/c1-20(26)17(24)16(23)10-18(25,9-11-3-2-4-13(19)7-11)12-5-6-14(21)15(22)8-12/h2-8,21-22,25-26H,9-10H2,1H3. The summed E-state index contributed by atoms with van der Waals surface area (Å²) in [6.45, 7) is 0. The molecule has 2 aromatic rings. The Hall–Kier alpha value is -2.97. The minimum Gasteiger partial charge on any atom is -0.504 e. The van der Waals surface area contributed by atoms with E-state index in [2.05, 4.69) is 0 Å². The number of halogens is 1. The molecule has 7 nitrogen and oxygen atoms in total. The van der Waals surface area contributed by atoms with Gasteiger partial charge in [0.05, 0.1) is 0 Å². The molecule has 0 saturated heterocycles. The van der Waals surface area contributed by atoms with E-state index in [-0.39, 0.29) is 17.0 Å². The number of aromatic hydroxyl groups is 2. The molecule has 1 atom stereocenters. The van der Waals surface area contributed by atoms with E-state index < -0.39 is 41.0 Å². The van der Waals surface area contributed by atoms with Crippen molar-refractivity contribution in [2.45, 2.75) is 18.4 Å². The zero-order valence-electron chi connectivity index (χ0n) is 13.9. The van der Waals surface area contributed by atoms with Gasteiger partial charge in [-0.2, -0.15) is 0 Å². The number of hydroxylamine groups is 2. The van der Waals surface area contributed by atoms with Crippen molar-refractivity contribution in [1.82, 2.24) is 5.06 Å². The van der Waals surface area contributed by atoms with Crippen molar-refractivity contribution < 1.29 is 34.5 Å². The van der Waals surface area contributed by atoms with Gasteiger partial charge >= 0.3 is 5.91 Å². The molecule has 0 aliphatic rings.